The largest absolute Gasteiger partial charge is 0.0683 e. The molecule has 2 rings (SSSR count). The first-order valence-corrected chi connectivity index (χ1v) is 6.33. The molecule has 0 nitrogen and oxygen atoms in total. The zero-order valence-electron chi connectivity index (χ0n) is 11.1. The number of rotatable bonds is 2. The first kappa shape index (κ1) is 11.4. The van der Waals surface area contributed by atoms with E-state index in [4.69, 9.17) is 0 Å². The maximum Gasteiger partial charge on any atom is -0.00605 e. The molecule has 0 bridgehead atoms. The molecule has 86 valence electrons. The monoisotopic (exact) mass is 214 g/mol. The van der Waals surface area contributed by atoms with Gasteiger partial charge in [-0.05, 0) is 47.4 Å². The van der Waals surface area contributed by atoms with Gasteiger partial charge in [0.2, 0.25) is 0 Å². The highest BCUT2D eigenvalue weighted by Gasteiger charge is 2.19. The maximum atomic E-state index is 2.39. The molecule has 0 radical (unpaired) electrons. The molecule has 0 heteroatoms. The number of hydrogen-bond acceptors (Lipinski definition) is 0. The fraction of sp³-hybridized carbons (Fsp3) is 0.500. The summed E-state index contributed by atoms with van der Waals surface area (Å²) in [4.78, 5) is 0. The predicted octanol–water partition coefficient (Wildman–Crippen LogP) is 4.89. The van der Waals surface area contributed by atoms with Crippen LogP contribution in [-0.2, 0) is 6.42 Å². The van der Waals surface area contributed by atoms with E-state index >= 15 is 0 Å². The molecule has 0 atom stereocenters. The van der Waals surface area contributed by atoms with Crippen molar-refractivity contribution in [1.82, 2.24) is 0 Å². The molecule has 0 heterocycles. The van der Waals surface area contributed by atoms with Crippen LogP contribution in [0.4, 0.5) is 0 Å². The summed E-state index contributed by atoms with van der Waals surface area (Å²) >= 11 is 0. The Kier molecular flexibility index (Phi) is 2.92. The van der Waals surface area contributed by atoms with E-state index in [1.807, 2.05) is 0 Å². The van der Waals surface area contributed by atoms with E-state index < -0.39 is 0 Å². The van der Waals surface area contributed by atoms with Gasteiger partial charge in [0.25, 0.3) is 0 Å². The van der Waals surface area contributed by atoms with Gasteiger partial charge in [-0.25, -0.2) is 0 Å². The van der Waals surface area contributed by atoms with Crippen molar-refractivity contribution in [2.24, 2.45) is 0 Å². The molecule has 0 saturated heterocycles. The van der Waals surface area contributed by atoms with E-state index in [0.29, 0.717) is 11.8 Å². The quantitative estimate of drug-likeness (QED) is 0.657. The molecule has 0 amide bonds. The van der Waals surface area contributed by atoms with Gasteiger partial charge in [-0.1, -0.05) is 51.5 Å². The zero-order valence-corrected chi connectivity index (χ0v) is 11.1. The van der Waals surface area contributed by atoms with Gasteiger partial charge >= 0.3 is 0 Å². The first-order valence-electron chi connectivity index (χ1n) is 6.33. The summed E-state index contributed by atoms with van der Waals surface area (Å²) in [5.41, 5.74) is 7.63. The molecule has 0 aliphatic heterocycles. The maximum absolute atomic E-state index is 2.39. The molecule has 0 aromatic heterocycles. The van der Waals surface area contributed by atoms with E-state index in [1.165, 1.54) is 22.3 Å². The number of hydrogen-bond donors (Lipinski definition) is 0. The van der Waals surface area contributed by atoms with Crippen molar-refractivity contribution in [1.29, 1.82) is 0 Å². The lowest BCUT2D eigenvalue weighted by Crippen LogP contribution is -2.02. The van der Waals surface area contributed by atoms with Crippen LogP contribution in [-0.4, -0.2) is 0 Å². The van der Waals surface area contributed by atoms with Gasteiger partial charge in [-0.2, -0.15) is 0 Å². The standard InChI is InChI=1S/C16H22/c1-10(2)14-7-6-13-8-12(5)9-15(13)16(14)11(3)4/h6-7,9-11H,8H2,1-5H3. The summed E-state index contributed by atoms with van der Waals surface area (Å²) in [6.45, 7) is 11.4. The third kappa shape index (κ3) is 1.81. The van der Waals surface area contributed by atoms with E-state index in [-0.39, 0.29) is 0 Å². The van der Waals surface area contributed by atoms with Crippen molar-refractivity contribution in [2.75, 3.05) is 0 Å². The Labute approximate surface area is 99.4 Å². The average Bonchev–Trinajstić information content (AvgIpc) is 2.55. The predicted molar refractivity (Wildman–Crippen MR) is 72.0 cm³/mol. The average molecular weight is 214 g/mol. The molecule has 1 aromatic rings. The second-order valence-electron chi connectivity index (χ2n) is 5.62. The van der Waals surface area contributed by atoms with Crippen LogP contribution in [0.3, 0.4) is 0 Å². The summed E-state index contributed by atoms with van der Waals surface area (Å²) in [5.74, 6) is 1.24. The summed E-state index contributed by atoms with van der Waals surface area (Å²) < 4.78 is 0. The minimum absolute atomic E-state index is 0.620. The Balaban J connectivity index is 2.64. The third-order valence-corrected chi connectivity index (χ3v) is 3.47. The number of benzene rings is 1. The highest BCUT2D eigenvalue weighted by atomic mass is 14.2. The number of allylic oxidation sites excluding steroid dienone is 1. The van der Waals surface area contributed by atoms with Crippen LogP contribution in [0.2, 0.25) is 0 Å². The van der Waals surface area contributed by atoms with Crippen LogP contribution in [0.15, 0.2) is 17.7 Å². The Bertz CT molecular complexity index is 434. The second kappa shape index (κ2) is 4.08. The molecule has 0 spiro atoms. The molecule has 0 fully saturated rings. The van der Waals surface area contributed by atoms with E-state index in [1.54, 1.807) is 5.56 Å². The molecule has 0 unspecified atom stereocenters. The molecular formula is C16H22. The zero-order chi connectivity index (χ0) is 11.9. The van der Waals surface area contributed by atoms with Crippen molar-refractivity contribution in [3.05, 3.63) is 40.0 Å². The molecule has 1 aromatic carbocycles. The summed E-state index contributed by atoms with van der Waals surface area (Å²) in [6, 6.07) is 4.66. The van der Waals surface area contributed by atoms with Crippen LogP contribution in [0.5, 0.6) is 0 Å². The minimum atomic E-state index is 0.620. The lowest BCUT2D eigenvalue weighted by Gasteiger charge is -2.19. The van der Waals surface area contributed by atoms with Crippen LogP contribution >= 0.6 is 0 Å². The van der Waals surface area contributed by atoms with Crippen molar-refractivity contribution in [2.45, 2.75) is 52.9 Å². The van der Waals surface area contributed by atoms with Crippen molar-refractivity contribution in [3.8, 4) is 0 Å². The first-order chi connectivity index (χ1) is 7.50. The summed E-state index contributed by atoms with van der Waals surface area (Å²) in [7, 11) is 0. The summed E-state index contributed by atoms with van der Waals surface area (Å²) in [6.07, 6.45) is 3.53. The Hall–Kier alpha value is -1.04. The molecule has 0 N–H and O–H groups in total. The van der Waals surface area contributed by atoms with Gasteiger partial charge in [0, 0.05) is 0 Å². The van der Waals surface area contributed by atoms with E-state index in [0.717, 1.165) is 6.42 Å². The Morgan fingerprint density at radius 3 is 2.25 bits per heavy atom. The van der Waals surface area contributed by atoms with Gasteiger partial charge < -0.3 is 0 Å². The lowest BCUT2D eigenvalue weighted by atomic mass is 9.85. The molecule has 0 saturated carbocycles. The molecule has 1 aliphatic rings. The van der Waals surface area contributed by atoms with Crippen LogP contribution < -0.4 is 0 Å². The topological polar surface area (TPSA) is 0 Å². The van der Waals surface area contributed by atoms with E-state index in [9.17, 15) is 0 Å². The highest BCUT2D eigenvalue weighted by molar-refractivity contribution is 5.68. The third-order valence-electron chi connectivity index (χ3n) is 3.47. The van der Waals surface area contributed by atoms with Crippen LogP contribution in [0.1, 0.15) is 68.7 Å². The van der Waals surface area contributed by atoms with Gasteiger partial charge in [0.15, 0.2) is 0 Å². The minimum Gasteiger partial charge on any atom is -0.0683 e. The lowest BCUT2D eigenvalue weighted by molar-refractivity contribution is 0.787. The SMILES string of the molecule is CC1=Cc2c(ccc(C(C)C)c2C(C)C)C1. The van der Waals surface area contributed by atoms with Crippen molar-refractivity contribution in [3.63, 3.8) is 0 Å². The molecule has 16 heavy (non-hydrogen) atoms. The second-order valence-corrected chi connectivity index (χ2v) is 5.62. The highest BCUT2D eigenvalue weighted by Crippen LogP contribution is 2.36. The Morgan fingerprint density at radius 1 is 1.00 bits per heavy atom. The fourth-order valence-corrected chi connectivity index (χ4v) is 2.77. The van der Waals surface area contributed by atoms with Gasteiger partial charge in [0.05, 0.1) is 0 Å². The van der Waals surface area contributed by atoms with Gasteiger partial charge in [0.1, 0.15) is 0 Å². The molecular weight excluding hydrogens is 192 g/mol. The van der Waals surface area contributed by atoms with Gasteiger partial charge in [-0.3, -0.25) is 0 Å². The smallest absolute Gasteiger partial charge is 0.00605 e. The fourth-order valence-electron chi connectivity index (χ4n) is 2.77. The summed E-state index contributed by atoms with van der Waals surface area (Å²) in [5, 5.41) is 0. The van der Waals surface area contributed by atoms with Crippen molar-refractivity contribution < 1.29 is 0 Å². The van der Waals surface area contributed by atoms with Crippen LogP contribution in [0, 0.1) is 0 Å². The van der Waals surface area contributed by atoms with Gasteiger partial charge in [-0.15, -0.1) is 0 Å². The van der Waals surface area contributed by atoms with Crippen molar-refractivity contribution >= 4 is 6.08 Å². The van der Waals surface area contributed by atoms with Crippen LogP contribution in [0.25, 0.3) is 6.08 Å². The van der Waals surface area contributed by atoms with E-state index in [2.05, 4.69) is 52.8 Å². The normalized spacial score (nSPS) is 14.6. The Morgan fingerprint density at radius 2 is 1.69 bits per heavy atom. The number of fused-ring (bicyclic) bond motifs is 1. The molecule has 1 aliphatic carbocycles.